The lowest BCUT2D eigenvalue weighted by atomic mass is 10.0. The van der Waals surface area contributed by atoms with E-state index in [1.807, 2.05) is 12.1 Å². The SMILES string of the molecule is COc1ccc(CC#Cc2ccc3c(c2)C(=O)/C(=C\c2ccc(Cl)c(Cl)c2)[S+]([O-])N3C)cn1. The van der Waals surface area contributed by atoms with Crippen molar-refractivity contribution in [1.82, 2.24) is 4.98 Å². The molecule has 0 saturated carbocycles. The highest BCUT2D eigenvalue weighted by Gasteiger charge is 2.38. The average Bonchev–Trinajstić information content (AvgIpc) is 2.83. The third kappa shape index (κ3) is 5.02. The first-order valence-corrected chi connectivity index (χ1v) is 11.7. The number of anilines is 1. The van der Waals surface area contributed by atoms with Gasteiger partial charge in [-0.15, -0.1) is 0 Å². The minimum absolute atomic E-state index is 0.165. The number of pyridine rings is 1. The quantitative estimate of drug-likeness (QED) is 0.278. The van der Waals surface area contributed by atoms with E-state index in [-0.39, 0.29) is 10.7 Å². The fraction of sp³-hybridized carbons (Fsp3) is 0.120. The summed E-state index contributed by atoms with van der Waals surface area (Å²) in [5.41, 5.74) is 3.33. The van der Waals surface area contributed by atoms with Crippen LogP contribution < -0.4 is 9.04 Å². The molecule has 33 heavy (non-hydrogen) atoms. The molecule has 5 nitrogen and oxygen atoms in total. The van der Waals surface area contributed by atoms with Crippen LogP contribution in [0.25, 0.3) is 6.08 Å². The molecule has 1 aromatic heterocycles. The number of benzene rings is 2. The zero-order valence-electron chi connectivity index (χ0n) is 17.8. The lowest BCUT2D eigenvalue weighted by Gasteiger charge is -2.29. The van der Waals surface area contributed by atoms with E-state index in [1.165, 1.54) is 0 Å². The van der Waals surface area contributed by atoms with Crippen molar-refractivity contribution < 1.29 is 14.1 Å². The maximum absolute atomic E-state index is 13.2. The Morgan fingerprint density at radius 3 is 2.67 bits per heavy atom. The number of ether oxygens (including phenoxy) is 1. The van der Waals surface area contributed by atoms with Gasteiger partial charge in [0.25, 0.3) is 0 Å². The second kappa shape index (κ2) is 9.90. The van der Waals surface area contributed by atoms with E-state index in [0.29, 0.717) is 44.7 Å². The second-order valence-corrected chi connectivity index (χ2v) is 9.48. The van der Waals surface area contributed by atoms with Gasteiger partial charge in [0.15, 0.2) is 0 Å². The van der Waals surface area contributed by atoms with E-state index in [2.05, 4.69) is 16.8 Å². The number of Topliss-reactive ketones (excluding diaryl/α,β-unsaturated/α-hetero) is 1. The van der Waals surface area contributed by atoms with E-state index >= 15 is 0 Å². The fourth-order valence-electron chi connectivity index (χ4n) is 3.27. The van der Waals surface area contributed by atoms with Crippen LogP contribution in [0.15, 0.2) is 59.6 Å². The van der Waals surface area contributed by atoms with Crippen molar-refractivity contribution in [2.45, 2.75) is 6.42 Å². The first-order chi connectivity index (χ1) is 15.9. The molecule has 1 unspecified atom stereocenters. The highest BCUT2D eigenvalue weighted by atomic mass is 35.5. The summed E-state index contributed by atoms with van der Waals surface area (Å²) in [6, 6.07) is 14.0. The van der Waals surface area contributed by atoms with Crippen molar-refractivity contribution in [2.75, 3.05) is 18.5 Å². The van der Waals surface area contributed by atoms with Crippen LogP contribution in [-0.4, -0.2) is 29.5 Å². The van der Waals surface area contributed by atoms with E-state index in [1.54, 1.807) is 67.1 Å². The number of ketones is 1. The highest BCUT2D eigenvalue weighted by Crippen LogP contribution is 2.36. The lowest BCUT2D eigenvalue weighted by Crippen LogP contribution is -2.36. The Labute approximate surface area is 205 Å². The summed E-state index contributed by atoms with van der Waals surface area (Å²) >= 11 is 10.4. The van der Waals surface area contributed by atoms with Gasteiger partial charge in [0.2, 0.25) is 16.6 Å². The molecule has 2 aromatic carbocycles. The smallest absolute Gasteiger partial charge is 0.245 e. The Balaban J connectivity index is 1.62. The molecule has 8 heteroatoms. The number of carbonyl (C=O) groups is 1. The van der Waals surface area contributed by atoms with Gasteiger partial charge >= 0.3 is 0 Å². The van der Waals surface area contributed by atoms with Crippen LogP contribution in [0.1, 0.15) is 27.0 Å². The Bertz CT molecular complexity index is 1310. The van der Waals surface area contributed by atoms with Gasteiger partial charge < -0.3 is 9.29 Å². The molecule has 0 aliphatic carbocycles. The van der Waals surface area contributed by atoms with Gasteiger partial charge in [-0.25, -0.2) is 4.98 Å². The molecular weight excluding hydrogens is 479 g/mol. The van der Waals surface area contributed by atoms with Gasteiger partial charge in [0.05, 0.1) is 35.5 Å². The largest absolute Gasteiger partial charge is 0.588 e. The predicted octanol–water partition coefficient (Wildman–Crippen LogP) is 5.33. The van der Waals surface area contributed by atoms with Crippen molar-refractivity contribution >= 4 is 52.1 Å². The van der Waals surface area contributed by atoms with Crippen molar-refractivity contribution in [3.05, 3.63) is 91.9 Å². The molecule has 0 saturated heterocycles. The summed E-state index contributed by atoms with van der Waals surface area (Å²) in [5.74, 6) is 6.43. The third-order valence-electron chi connectivity index (χ3n) is 5.01. The van der Waals surface area contributed by atoms with Gasteiger partial charge in [-0.2, -0.15) is 4.31 Å². The molecule has 166 valence electrons. The van der Waals surface area contributed by atoms with Crippen molar-refractivity contribution in [3.63, 3.8) is 0 Å². The van der Waals surface area contributed by atoms with Crippen LogP contribution in [0.5, 0.6) is 5.88 Å². The van der Waals surface area contributed by atoms with Crippen molar-refractivity contribution in [1.29, 1.82) is 0 Å². The van der Waals surface area contributed by atoms with Crippen LogP contribution in [-0.2, 0) is 17.8 Å². The maximum Gasteiger partial charge on any atom is 0.245 e. The zero-order chi connectivity index (χ0) is 23.5. The number of methoxy groups -OCH3 is 1. The molecule has 2 heterocycles. The molecule has 0 fully saturated rings. The second-order valence-electron chi connectivity index (χ2n) is 7.18. The van der Waals surface area contributed by atoms with Crippen LogP contribution in [0.3, 0.4) is 0 Å². The number of fused-ring (bicyclic) bond motifs is 1. The third-order valence-corrected chi connectivity index (χ3v) is 7.13. The number of nitrogens with zero attached hydrogens (tertiary/aromatic N) is 2. The predicted molar refractivity (Wildman–Crippen MR) is 133 cm³/mol. The normalized spacial score (nSPS) is 16.3. The molecule has 0 N–H and O–H groups in total. The molecule has 0 spiro atoms. The van der Waals surface area contributed by atoms with Crippen molar-refractivity contribution in [2.24, 2.45) is 0 Å². The minimum atomic E-state index is -1.65. The number of carbonyl (C=O) groups excluding carboxylic acids is 1. The molecule has 3 aromatic rings. The minimum Gasteiger partial charge on any atom is -0.588 e. The van der Waals surface area contributed by atoms with Crippen LogP contribution in [0, 0.1) is 11.8 Å². The van der Waals surface area contributed by atoms with Gasteiger partial charge in [0, 0.05) is 30.3 Å². The number of aromatic nitrogens is 1. The highest BCUT2D eigenvalue weighted by molar-refractivity contribution is 7.97. The summed E-state index contributed by atoms with van der Waals surface area (Å²) in [4.78, 5) is 17.6. The monoisotopic (exact) mass is 496 g/mol. The van der Waals surface area contributed by atoms with E-state index in [4.69, 9.17) is 27.9 Å². The first kappa shape index (κ1) is 23.2. The maximum atomic E-state index is 13.2. The molecule has 4 rings (SSSR count). The van der Waals surface area contributed by atoms with Crippen LogP contribution >= 0.6 is 23.2 Å². The number of hydrogen-bond acceptors (Lipinski definition) is 5. The Morgan fingerprint density at radius 1 is 1.15 bits per heavy atom. The Kier molecular flexibility index (Phi) is 6.96. The van der Waals surface area contributed by atoms with Gasteiger partial charge in [-0.1, -0.05) is 47.2 Å². The van der Waals surface area contributed by atoms with Gasteiger partial charge in [-0.05, 0) is 41.5 Å². The average molecular weight is 497 g/mol. The summed E-state index contributed by atoms with van der Waals surface area (Å²) in [6.07, 6.45) is 3.80. The lowest BCUT2D eigenvalue weighted by molar-refractivity contribution is 0.104. The number of halogens is 2. The number of allylic oxidation sites excluding steroid dienone is 1. The topological polar surface area (TPSA) is 65.5 Å². The van der Waals surface area contributed by atoms with Gasteiger partial charge in [0.1, 0.15) is 11.4 Å². The molecule has 0 amide bonds. The zero-order valence-corrected chi connectivity index (χ0v) is 20.1. The van der Waals surface area contributed by atoms with Crippen molar-refractivity contribution in [3.8, 4) is 17.7 Å². The number of rotatable bonds is 3. The van der Waals surface area contributed by atoms with E-state index < -0.39 is 11.4 Å². The molecule has 1 atom stereocenters. The standard InChI is InChI=1S/C25H18Cl2N2O3S/c1-29-22-10-7-16(4-3-5-17-8-11-24(32-2)28-15-17)12-19(22)25(30)23(33(29)31)14-18-6-9-20(26)21(27)13-18/h6-15H,5H2,1-2H3/b23-14+. The van der Waals surface area contributed by atoms with Crippen LogP contribution in [0.2, 0.25) is 10.0 Å². The summed E-state index contributed by atoms with van der Waals surface area (Å²) in [7, 11) is 3.25. The fourth-order valence-corrected chi connectivity index (χ4v) is 4.72. The van der Waals surface area contributed by atoms with E-state index in [0.717, 1.165) is 5.56 Å². The Morgan fingerprint density at radius 2 is 1.97 bits per heavy atom. The summed E-state index contributed by atoms with van der Waals surface area (Å²) in [6.45, 7) is 0. The molecule has 1 aliphatic heterocycles. The summed E-state index contributed by atoms with van der Waals surface area (Å²) in [5, 5.41) is 0.768. The number of hydrogen-bond donors (Lipinski definition) is 0. The van der Waals surface area contributed by atoms with Gasteiger partial charge in [-0.3, -0.25) is 4.79 Å². The first-order valence-electron chi connectivity index (χ1n) is 9.86. The molecular formula is C25H18Cl2N2O3S. The molecule has 0 bridgehead atoms. The Hall–Kier alpha value is -2.95. The summed E-state index contributed by atoms with van der Waals surface area (Å²) < 4.78 is 19.6. The molecule has 0 radical (unpaired) electrons. The molecule has 1 aliphatic rings. The van der Waals surface area contributed by atoms with E-state index in [9.17, 15) is 9.35 Å². The van der Waals surface area contributed by atoms with Crippen LogP contribution in [0.4, 0.5) is 5.69 Å².